The second kappa shape index (κ2) is 7.98. The van der Waals surface area contributed by atoms with Gasteiger partial charge in [-0.05, 0) is 62.2 Å². The maximum absolute atomic E-state index is 12.7. The summed E-state index contributed by atoms with van der Waals surface area (Å²) in [6.07, 6.45) is -4.44. The highest BCUT2D eigenvalue weighted by molar-refractivity contribution is 6.03. The highest BCUT2D eigenvalue weighted by atomic mass is 19.4. The Hall–Kier alpha value is -3.29. The summed E-state index contributed by atoms with van der Waals surface area (Å²) in [4.78, 5) is 12.6. The Labute approximate surface area is 165 Å². The minimum atomic E-state index is -4.44. The summed E-state index contributed by atoms with van der Waals surface area (Å²) >= 11 is 0. The van der Waals surface area contributed by atoms with Crippen LogP contribution in [-0.4, -0.2) is 11.1 Å². The molecule has 0 fully saturated rings. The predicted octanol–water partition coefficient (Wildman–Crippen LogP) is 5.45. The van der Waals surface area contributed by atoms with Crippen molar-refractivity contribution in [2.24, 2.45) is 0 Å². The minimum Gasteiger partial charge on any atom is -0.488 e. The maximum atomic E-state index is 12.7. The number of aryl methyl sites for hydroxylation is 2. The Morgan fingerprint density at radius 2 is 1.79 bits per heavy atom. The van der Waals surface area contributed by atoms with Crippen molar-refractivity contribution in [2.45, 2.75) is 33.6 Å². The molecular weight excluding hydrogens is 385 g/mol. The molecule has 3 rings (SSSR count). The number of hydrogen-bond donors (Lipinski definition) is 1. The Morgan fingerprint density at radius 3 is 2.45 bits per heavy atom. The quantitative estimate of drug-likeness (QED) is 0.614. The van der Waals surface area contributed by atoms with Crippen molar-refractivity contribution in [3.63, 3.8) is 0 Å². The van der Waals surface area contributed by atoms with Gasteiger partial charge in [0.2, 0.25) is 0 Å². The molecule has 0 atom stereocenters. The van der Waals surface area contributed by atoms with Crippen molar-refractivity contribution in [2.75, 3.05) is 5.32 Å². The molecule has 0 aliphatic rings. The number of rotatable bonds is 5. The summed E-state index contributed by atoms with van der Waals surface area (Å²) in [5.41, 5.74) is 1.96. The highest BCUT2D eigenvalue weighted by Gasteiger charge is 2.30. The summed E-state index contributed by atoms with van der Waals surface area (Å²) < 4.78 is 48.9. The van der Waals surface area contributed by atoms with E-state index < -0.39 is 17.6 Å². The van der Waals surface area contributed by atoms with E-state index in [9.17, 15) is 18.0 Å². The van der Waals surface area contributed by atoms with Gasteiger partial charge in [-0.3, -0.25) is 4.79 Å². The fourth-order valence-electron chi connectivity index (χ4n) is 2.70. The van der Waals surface area contributed by atoms with Gasteiger partial charge in [-0.2, -0.15) is 13.2 Å². The number of halogens is 3. The summed E-state index contributed by atoms with van der Waals surface area (Å²) in [7, 11) is 0. The van der Waals surface area contributed by atoms with Gasteiger partial charge in [-0.25, -0.2) is 0 Å². The summed E-state index contributed by atoms with van der Waals surface area (Å²) in [5, 5.41) is 6.30. The number of alkyl halides is 3. The number of nitrogens with zero attached hydrogens (tertiary/aromatic N) is 1. The lowest BCUT2D eigenvalue weighted by Crippen LogP contribution is -2.16. The number of carbonyl (C=O) groups is 1. The monoisotopic (exact) mass is 404 g/mol. The van der Waals surface area contributed by atoms with E-state index in [-0.39, 0.29) is 18.0 Å². The summed E-state index contributed by atoms with van der Waals surface area (Å²) in [6.45, 7) is 5.62. The van der Waals surface area contributed by atoms with Gasteiger partial charge >= 0.3 is 6.18 Å². The zero-order valence-electron chi connectivity index (χ0n) is 16.1. The van der Waals surface area contributed by atoms with Crippen molar-refractivity contribution in [1.82, 2.24) is 5.16 Å². The lowest BCUT2D eigenvalue weighted by molar-refractivity contribution is -0.137. The first kappa shape index (κ1) is 20.4. The van der Waals surface area contributed by atoms with E-state index in [4.69, 9.17) is 9.26 Å². The maximum Gasteiger partial charge on any atom is 0.416 e. The third-order valence-electron chi connectivity index (χ3n) is 4.60. The molecule has 0 aliphatic heterocycles. The summed E-state index contributed by atoms with van der Waals surface area (Å²) in [6, 6.07) is 9.82. The van der Waals surface area contributed by atoms with Crippen LogP contribution in [0.1, 0.15) is 38.5 Å². The van der Waals surface area contributed by atoms with Gasteiger partial charge in [0.1, 0.15) is 18.1 Å². The number of hydrogen-bond acceptors (Lipinski definition) is 4. The molecule has 0 spiro atoms. The number of carbonyl (C=O) groups excluding carboxylic acids is 1. The Bertz CT molecular complexity index is 1020. The normalized spacial score (nSPS) is 11.4. The third-order valence-corrected chi connectivity index (χ3v) is 4.60. The zero-order valence-corrected chi connectivity index (χ0v) is 16.1. The van der Waals surface area contributed by atoms with Crippen molar-refractivity contribution in [3.05, 3.63) is 76.2 Å². The fourth-order valence-corrected chi connectivity index (χ4v) is 2.70. The van der Waals surface area contributed by atoms with E-state index in [1.165, 1.54) is 12.1 Å². The third kappa shape index (κ3) is 4.59. The molecule has 0 radical (unpaired) electrons. The fraction of sp³-hybridized carbons (Fsp3) is 0.238. The minimum absolute atomic E-state index is 0.0210. The van der Waals surface area contributed by atoms with Gasteiger partial charge < -0.3 is 14.6 Å². The van der Waals surface area contributed by atoms with Crippen molar-refractivity contribution >= 4 is 11.6 Å². The van der Waals surface area contributed by atoms with Crippen LogP contribution in [0.2, 0.25) is 0 Å². The van der Waals surface area contributed by atoms with Gasteiger partial charge in [0.05, 0.1) is 11.1 Å². The number of nitrogens with one attached hydrogen (secondary N) is 1. The number of aromatic nitrogens is 1. The Kier molecular flexibility index (Phi) is 5.63. The van der Waals surface area contributed by atoms with Crippen LogP contribution in [0.4, 0.5) is 18.9 Å². The molecule has 1 N–H and O–H groups in total. The molecule has 29 heavy (non-hydrogen) atoms. The largest absolute Gasteiger partial charge is 0.488 e. The van der Waals surface area contributed by atoms with E-state index in [0.29, 0.717) is 17.1 Å². The Morgan fingerprint density at radius 1 is 1.10 bits per heavy atom. The van der Waals surface area contributed by atoms with Gasteiger partial charge in [0.15, 0.2) is 5.69 Å². The molecule has 1 heterocycles. The summed E-state index contributed by atoms with van der Waals surface area (Å²) in [5.74, 6) is 0.508. The second-order valence-electron chi connectivity index (χ2n) is 6.58. The van der Waals surface area contributed by atoms with Crippen LogP contribution in [0.3, 0.4) is 0 Å². The van der Waals surface area contributed by atoms with E-state index in [1.54, 1.807) is 6.92 Å². The zero-order chi connectivity index (χ0) is 21.2. The van der Waals surface area contributed by atoms with E-state index in [2.05, 4.69) is 10.5 Å². The molecule has 0 saturated carbocycles. The molecule has 1 aromatic heterocycles. The first-order valence-corrected chi connectivity index (χ1v) is 8.79. The van der Waals surface area contributed by atoms with Crippen LogP contribution >= 0.6 is 0 Å². The molecule has 0 aliphatic carbocycles. The highest BCUT2D eigenvalue weighted by Crippen LogP contribution is 2.30. The molecule has 3 aromatic rings. The smallest absolute Gasteiger partial charge is 0.416 e. The van der Waals surface area contributed by atoms with Crippen LogP contribution in [0.5, 0.6) is 5.75 Å². The predicted molar refractivity (Wildman–Crippen MR) is 101 cm³/mol. The molecule has 152 valence electrons. The van der Waals surface area contributed by atoms with Gasteiger partial charge in [0, 0.05) is 5.69 Å². The van der Waals surface area contributed by atoms with E-state index in [0.717, 1.165) is 23.3 Å². The molecule has 1 amide bonds. The van der Waals surface area contributed by atoms with Crippen LogP contribution < -0.4 is 10.1 Å². The molecule has 5 nitrogen and oxygen atoms in total. The number of benzene rings is 2. The van der Waals surface area contributed by atoms with E-state index >= 15 is 0 Å². The van der Waals surface area contributed by atoms with E-state index in [1.807, 2.05) is 32.0 Å². The SMILES string of the molecule is Cc1cccc(OCc2c(C(=O)Nc3ccc(C(F)(F)F)cc3)noc2C)c1C. The number of amides is 1. The van der Waals surface area contributed by atoms with Crippen LogP contribution in [0.15, 0.2) is 47.0 Å². The number of anilines is 1. The standard InChI is InChI=1S/C21H19F3N2O3/c1-12-5-4-6-18(13(12)2)28-11-17-14(3)29-26-19(17)20(27)25-16-9-7-15(8-10-16)21(22,23)24/h4-10H,11H2,1-3H3,(H,25,27). The molecule has 8 heteroatoms. The van der Waals surface area contributed by atoms with Crippen LogP contribution in [0.25, 0.3) is 0 Å². The lowest BCUT2D eigenvalue weighted by atomic mass is 10.1. The molecule has 0 bridgehead atoms. The Balaban J connectivity index is 1.74. The van der Waals surface area contributed by atoms with Gasteiger partial charge in [0.25, 0.3) is 5.91 Å². The average Bonchev–Trinajstić information content (AvgIpc) is 3.03. The van der Waals surface area contributed by atoms with Crippen molar-refractivity contribution in [1.29, 1.82) is 0 Å². The van der Waals surface area contributed by atoms with Crippen molar-refractivity contribution < 1.29 is 27.2 Å². The van der Waals surface area contributed by atoms with Crippen LogP contribution in [-0.2, 0) is 12.8 Å². The first-order valence-electron chi connectivity index (χ1n) is 8.79. The second-order valence-corrected chi connectivity index (χ2v) is 6.58. The first-order chi connectivity index (χ1) is 13.7. The molecule has 0 saturated heterocycles. The molecular formula is C21H19F3N2O3. The van der Waals surface area contributed by atoms with Crippen LogP contribution in [0, 0.1) is 20.8 Å². The molecule has 2 aromatic carbocycles. The number of ether oxygens (including phenoxy) is 1. The topological polar surface area (TPSA) is 64.4 Å². The van der Waals surface area contributed by atoms with Gasteiger partial charge in [-0.1, -0.05) is 17.3 Å². The average molecular weight is 404 g/mol. The molecule has 0 unspecified atom stereocenters. The van der Waals surface area contributed by atoms with Gasteiger partial charge in [-0.15, -0.1) is 0 Å². The lowest BCUT2D eigenvalue weighted by Gasteiger charge is -2.11. The van der Waals surface area contributed by atoms with Crippen molar-refractivity contribution in [3.8, 4) is 5.75 Å².